The van der Waals surface area contributed by atoms with Crippen molar-refractivity contribution < 1.29 is 10.2 Å². The van der Waals surface area contributed by atoms with Crippen LogP contribution in [-0.2, 0) is 0 Å². The van der Waals surface area contributed by atoms with Gasteiger partial charge < -0.3 is 10.2 Å². The number of phenolic OH excluding ortho intramolecular Hbond substituents is 2. The molecule has 0 heterocycles. The molecular weight excluding hydrogens is 134 g/mol. The molecule has 4 nitrogen and oxygen atoms in total. The fourth-order valence-electron chi connectivity index (χ4n) is 0.585. The minimum Gasteiger partial charge on any atom is -0.508 e. The molecule has 0 unspecified atom stereocenters. The van der Waals surface area contributed by atoms with E-state index < -0.39 is 0 Å². The normalized spacial score (nSPS) is 9.20. The van der Waals surface area contributed by atoms with E-state index in [4.69, 9.17) is 10.2 Å². The molecule has 10 heavy (non-hydrogen) atoms. The van der Waals surface area contributed by atoms with Crippen LogP contribution in [0.2, 0.25) is 0 Å². The zero-order valence-electron chi connectivity index (χ0n) is 4.98. The Bertz CT molecular complexity index is 259. The van der Waals surface area contributed by atoms with Gasteiger partial charge in [-0.3, -0.25) is 0 Å². The number of hydrogen-bond acceptors (Lipinski definition) is 4. The van der Waals surface area contributed by atoms with Crippen molar-refractivity contribution in [3.63, 3.8) is 0 Å². The number of rotatable bonds is 1. The quantitative estimate of drug-likeness (QED) is 0.457. The Morgan fingerprint density at radius 3 is 2.50 bits per heavy atom. The van der Waals surface area contributed by atoms with E-state index in [-0.39, 0.29) is 17.2 Å². The van der Waals surface area contributed by atoms with Gasteiger partial charge in [-0.15, -0.1) is 4.91 Å². The summed E-state index contributed by atoms with van der Waals surface area (Å²) in [6, 6.07) is 3.55. The molecule has 1 aromatic rings. The van der Waals surface area contributed by atoms with Crippen LogP contribution in [0.1, 0.15) is 0 Å². The first-order valence-corrected chi connectivity index (χ1v) is 2.59. The second-order valence-corrected chi connectivity index (χ2v) is 1.76. The summed E-state index contributed by atoms with van der Waals surface area (Å²) < 4.78 is 0. The summed E-state index contributed by atoms with van der Waals surface area (Å²) in [5, 5.41) is 20.1. The molecule has 1 aromatic carbocycles. The van der Waals surface area contributed by atoms with Crippen molar-refractivity contribution in [2.75, 3.05) is 0 Å². The minimum atomic E-state index is -0.229. The fourth-order valence-corrected chi connectivity index (χ4v) is 0.585. The smallest absolute Gasteiger partial charge is 0.153 e. The molecule has 4 heteroatoms. The highest BCUT2D eigenvalue weighted by molar-refractivity contribution is 5.53. The molecule has 0 radical (unpaired) electrons. The van der Waals surface area contributed by atoms with E-state index in [1.807, 2.05) is 0 Å². The third-order valence-electron chi connectivity index (χ3n) is 1.06. The first kappa shape index (κ1) is 6.54. The summed E-state index contributed by atoms with van der Waals surface area (Å²) in [4.78, 5) is 9.86. The second kappa shape index (κ2) is 2.34. The highest BCUT2D eigenvalue weighted by Crippen LogP contribution is 2.29. The maximum atomic E-state index is 9.86. The lowest BCUT2D eigenvalue weighted by atomic mass is 10.3. The lowest BCUT2D eigenvalue weighted by molar-refractivity contribution is 0.461. The van der Waals surface area contributed by atoms with Crippen molar-refractivity contribution in [3.05, 3.63) is 23.1 Å². The van der Waals surface area contributed by atoms with Gasteiger partial charge in [0.15, 0.2) is 5.69 Å². The van der Waals surface area contributed by atoms with Crippen LogP contribution in [0.25, 0.3) is 0 Å². The highest BCUT2D eigenvalue weighted by atomic mass is 16.3. The topological polar surface area (TPSA) is 69.9 Å². The van der Waals surface area contributed by atoms with Crippen molar-refractivity contribution >= 4 is 5.69 Å². The Hall–Kier alpha value is -1.58. The lowest BCUT2D eigenvalue weighted by Crippen LogP contribution is -1.66. The molecule has 52 valence electrons. The minimum absolute atomic E-state index is 0.0904. The van der Waals surface area contributed by atoms with E-state index in [9.17, 15) is 4.91 Å². The van der Waals surface area contributed by atoms with Gasteiger partial charge in [-0.1, -0.05) is 0 Å². The number of nitroso groups, excluding NO2 is 1. The average Bonchev–Trinajstić information content (AvgIpc) is 1.94. The molecule has 0 aliphatic heterocycles. The van der Waals surface area contributed by atoms with E-state index in [1.54, 1.807) is 0 Å². The number of hydrogen-bond donors (Lipinski definition) is 2. The van der Waals surface area contributed by atoms with Crippen LogP contribution >= 0.6 is 0 Å². The monoisotopic (exact) mass is 139 g/mol. The Balaban J connectivity index is 3.21. The molecule has 0 saturated heterocycles. The van der Waals surface area contributed by atoms with Gasteiger partial charge in [0, 0.05) is 6.07 Å². The van der Waals surface area contributed by atoms with Gasteiger partial charge in [0.25, 0.3) is 0 Å². The number of phenols is 2. The van der Waals surface area contributed by atoms with Gasteiger partial charge in [0.2, 0.25) is 0 Å². The van der Waals surface area contributed by atoms with Gasteiger partial charge >= 0.3 is 0 Å². The molecular formula is C6H5NO3. The molecule has 0 bridgehead atoms. The van der Waals surface area contributed by atoms with Gasteiger partial charge in [-0.05, 0) is 17.3 Å². The van der Waals surface area contributed by atoms with Crippen LogP contribution in [0.4, 0.5) is 5.69 Å². The summed E-state index contributed by atoms with van der Waals surface area (Å²) in [6.07, 6.45) is 0. The summed E-state index contributed by atoms with van der Waals surface area (Å²) >= 11 is 0. The summed E-state index contributed by atoms with van der Waals surface area (Å²) in [5.41, 5.74) is -0.153. The maximum absolute atomic E-state index is 9.86. The van der Waals surface area contributed by atoms with Crippen LogP contribution in [-0.4, -0.2) is 10.2 Å². The van der Waals surface area contributed by atoms with E-state index in [0.29, 0.717) is 0 Å². The van der Waals surface area contributed by atoms with Crippen molar-refractivity contribution in [2.45, 2.75) is 0 Å². The molecule has 0 amide bonds. The zero-order chi connectivity index (χ0) is 7.56. The molecule has 0 aromatic heterocycles. The Kier molecular flexibility index (Phi) is 1.53. The van der Waals surface area contributed by atoms with E-state index >= 15 is 0 Å². The fraction of sp³-hybridized carbons (Fsp3) is 0. The molecule has 1 rings (SSSR count). The highest BCUT2D eigenvalue weighted by Gasteiger charge is 2.00. The first-order chi connectivity index (χ1) is 4.74. The van der Waals surface area contributed by atoms with Crippen LogP contribution in [0.3, 0.4) is 0 Å². The van der Waals surface area contributed by atoms with Crippen molar-refractivity contribution in [1.29, 1.82) is 0 Å². The van der Waals surface area contributed by atoms with Gasteiger partial charge in [-0.2, -0.15) is 0 Å². The summed E-state index contributed by atoms with van der Waals surface area (Å²) in [6.45, 7) is 0. The van der Waals surface area contributed by atoms with Crippen LogP contribution in [0.5, 0.6) is 11.5 Å². The van der Waals surface area contributed by atoms with Crippen LogP contribution in [0.15, 0.2) is 23.4 Å². The standard InChI is InChI=1S/C6H5NO3/c8-4-1-2-6(9)5(3-4)7-10/h1-3,8-9H. The van der Waals surface area contributed by atoms with E-state index in [2.05, 4.69) is 5.18 Å². The lowest BCUT2D eigenvalue weighted by Gasteiger charge is -1.94. The van der Waals surface area contributed by atoms with Gasteiger partial charge in [0.1, 0.15) is 11.5 Å². The van der Waals surface area contributed by atoms with Crippen molar-refractivity contribution in [1.82, 2.24) is 0 Å². The van der Waals surface area contributed by atoms with Crippen LogP contribution < -0.4 is 0 Å². The molecule has 0 aliphatic carbocycles. The third-order valence-corrected chi connectivity index (χ3v) is 1.06. The van der Waals surface area contributed by atoms with Gasteiger partial charge in [-0.25, -0.2) is 0 Å². The summed E-state index contributed by atoms with van der Waals surface area (Å²) in [5.74, 6) is -0.319. The number of benzene rings is 1. The average molecular weight is 139 g/mol. The first-order valence-electron chi connectivity index (χ1n) is 2.59. The number of aromatic hydroxyl groups is 2. The molecule has 2 N–H and O–H groups in total. The van der Waals surface area contributed by atoms with Crippen molar-refractivity contribution in [2.24, 2.45) is 5.18 Å². The molecule has 0 spiro atoms. The maximum Gasteiger partial charge on any atom is 0.153 e. The zero-order valence-corrected chi connectivity index (χ0v) is 4.98. The largest absolute Gasteiger partial charge is 0.508 e. The third kappa shape index (κ3) is 1.05. The van der Waals surface area contributed by atoms with Gasteiger partial charge in [0.05, 0.1) is 0 Å². The molecule has 0 saturated carbocycles. The molecule has 0 aliphatic rings. The number of nitrogens with zero attached hydrogens (tertiary/aromatic N) is 1. The van der Waals surface area contributed by atoms with Crippen LogP contribution in [0, 0.1) is 4.91 Å². The predicted molar refractivity (Wildman–Crippen MR) is 35.2 cm³/mol. The Labute approximate surface area is 56.7 Å². The van der Waals surface area contributed by atoms with E-state index in [0.717, 1.165) is 6.07 Å². The molecule has 0 fully saturated rings. The SMILES string of the molecule is O=Nc1cc(O)ccc1O. The molecule has 0 atom stereocenters. The van der Waals surface area contributed by atoms with E-state index in [1.165, 1.54) is 12.1 Å². The second-order valence-electron chi connectivity index (χ2n) is 1.76. The summed E-state index contributed by atoms with van der Waals surface area (Å²) in [7, 11) is 0. The predicted octanol–water partition coefficient (Wildman–Crippen LogP) is 1.50. The van der Waals surface area contributed by atoms with Crippen molar-refractivity contribution in [3.8, 4) is 11.5 Å². The Morgan fingerprint density at radius 2 is 2.00 bits per heavy atom. The Morgan fingerprint density at radius 1 is 1.30 bits per heavy atom.